The molecule has 5 rings (SSSR count). The highest BCUT2D eigenvalue weighted by molar-refractivity contribution is 7.12. The lowest BCUT2D eigenvalue weighted by Gasteiger charge is -2.37. The zero-order valence-electron chi connectivity index (χ0n) is 18.8. The van der Waals surface area contributed by atoms with Gasteiger partial charge in [-0.15, -0.1) is 11.3 Å². The quantitative estimate of drug-likeness (QED) is 0.376. The van der Waals surface area contributed by atoms with Gasteiger partial charge in [-0.2, -0.15) is 13.2 Å². The van der Waals surface area contributed by atoms with E-state index in [9.17, 15) is 18.0 Å². The van der Waals surface area contributed by atoms with E-state index >= 15 is 0 Å². The minimum atomic E-state index is -4.48. The molecule has 188 valence electrons. The van der Waals surface area contributed by atoms with Crippen molar-refractivity contribution in [1.29, 1.82) is 0 Å². The molecule has 2 aromatic carbocycles. The van der Waals surface area contributed by atoms with Crippen LogP contribution in [-0.4, -0.2) is 42.2 Å². The third-order valence-electron chi connectivity index (χ3n) is 6.07. The van der Waals surface area contributed by atoms with Crippen LogP contribution >= 0.6 is 22.9 Å². The van der Waals surface area contributed by atoms with Gasteiger partial charge in [0.15, 0.2) is 0 Å². The molecular formula is C26H21ClF3NO4S. The van der Waals surface area contributed by atoms with Crippen LogP contribution in [0.5, 0.6) is 11.5 Å². The van der Waals surface area contributed by atoms with E-state index in [1.54, 1.807) is 36.4 Å². The van der Waals surface area contributed by atoms with Crippen LogP contribution in [0.2, 0.25) is 5.02 Å². The predicted molar refractivity (Wildman–Crippen MR) is 132 cm³/mol. The Labute approximate surface area is 214 Å². The van der Waals surface area contributed by atoms with Gasteiger partial charge < -0.3 is 14.6 Å². The van der Waals surface area contributed by atoms with Gasteiger partial charge in [0.25, 0.3) is 0 Å². The second-order valence-corrected chi connectivity index (χ2v) is 10.3. The molecule has 0 saturated carbocycles. The number of carboxylic acids is 1. The van der Waals surface area contributed by atoms with E-state index in [0.29, 0.717) is 64.5 Å². The molecule has 1 N–H and O–H groups in total. The van der Waals surface area contributed by atoms with Crippen LogP contribution in [0.15, 0.2) is 54.1 Å². The van der Waals surface area contributed by atoms with Gasteiger partial charge in [0.05, 0.1) is 5.92 Å². The molecule has 1 fully saturated rings. The molecule has 0 amide bonds. The van der Waals surface area contributed by atoms with E-state index in [-0.39, 0.29) is 18.1 Å². The smallest absolute Gasteiger partial charge is 0.426 e. The fourth-order valence-corrected chi connectivity index (χ4v) is 5.32. The number of aliphatic carboxylic acids is 1. The molecule has 36 heavy (non-hydrogen) atoms. The third kappa shape index (κ3) is 5.38. The number of benzene rings is 2. The Morgan fingerprint density at radius 3 is 2.61 bits per heavy atom. The molecule has 2 aliphatic rings. The number of nitrogens with zero attached hydrogens (tertiary/aromatic N) is 1. The van der Waals surface area contributed by atoms with Crippen LogP contribution in [0, 0.1) is 5.92 Å². The largest absolute Gasteiger partial charge is 0.488 e. The summed E-state index contributed by atoms with van der Waals surface area (Å²) in [4.78, 5) is 12.8. The van der Waals surface area contributed by atoms with E-state index in [4.69, 9.17) is 26.2 Å². The van der Waals surface area contributed by atoms with E-state index in [1.165, 1.54) is 6.07 Å². The van der Waals surface area contributed by atoms with E-state index in [0.717, 1.165) is 11.1 Å². The number of alkyl halides is 3. The first-order chi connectivity index (χ1) is 17.2. The van der Waals surface area contributed by atoms with Crippen molar-refractivity contribution in [3.63, 3.8) is 0 Å². The van der Waals surface area contributed by atoms with Crippen molar-refractivity contribution in [2.45, 2.75) is 12.8 Å². The highest BCUT2D eigenvalue weighted by atomic mass is 35.5. The summed E-state index contributed by atoms with van der Waals surface area (Å²) in [6.07, 6.45) is -2.46. The van der Waals surface area contributed by atoms with Crippen molar-refractivity contribution >= 4 is 35.0 Å². The molecule has 3 aromatic rings. The fraction of sp³-hybridized carbons (Fsp3) is 0.269. The van der Waals surface area contributed by atoms with Crippen LogP contribution in [0.1, 0.15) is 15.3 Å². The molecule has 0 radical (unpaired) electrons. The predicted octanol–water partition coefficient (Wildman–Crippen LogP) is 6.46. The molecule has 0 unspecified atom stereocenters. The standard InChI is InChI=1S/C26H21ClF3NO4S/c27-19-4-1-16(2-5-19)22-9-21(36-24(22)26(28,29)30)14-34-20-6-3-17-7-15(13-35-23(17)8-20)10-31-11-18(12-31)25(32)33/h1-9,18H,10-14H2,(H,32,33). The van der Waals surface area contributed by atoms with E-state index < -0.39 is 17.0 Å². The monoisotopic (exact) mass is 535 g/mol. The minimum Gasteiger partial charge on any atom is -0.488 e. The summed E-state index contributed by atoms with van der Waals surface area (Å²) in [5.74, 6) is 0.0521. The zero-order valence-corrected chi connectivity index (χ0v) is 20.4. The first-order valence-corrected chi connectivity index (χ1v) is 12.4. The van der Waals surface area contributed by atoms with Gasteiger partial charge in [-0.1, -0.05) is 23.7 Å². The molecule has 0 spiro atoms. The summed E-state index contributed by atoms with van der Waals surface area (Å²) in [6.45, 7) is 2.09. The van der Waals surface area contributed by atoms with Crippen molar-refractivity contribution in [3.8, 4) is 22.6 Å². The first kappa shape index (κ1) is 24.7. The first-order valence-electron chi connectivity index (χ1n) is 11.2. The number of rotatable bonds is 7. The lowest BCUT2D eigenvalue weighted by molar-refractivity contribution is -0.147. The van der Waals surface area contributed by atoms with Gasteiger partial charge in [0.1, 0.15) is 29.6 Å². The molecule has 0 bridgehead atoms. The molecule has 3 heterocycles. The van der Waals surface area contributed by atoms with Gasteiger partial charge in [-0.05, 0) is 47.5 Å². The zero-order chi connectivity index (χ0) is 25.4. The van der Waals surface area contributed by atoms with Crippen molar-refractivity contribution in [2.75, 3.05) is 26.2 Å². The second kappa shape index (κ2) is 9.80. The number of halogens is 4. The van der Waals surface area contributed by atoms with Gasteiger partial charge in [-0.25, -0.2) is 0 Å². The molecule has 1 saturated heterocycles. The number of fused-ring (bicyclic) bond motifs is 1. The van der Waals surface area contributed by atoms with Gasteiger partial charge >= 0.3 is 12.1 Å². The maximum Gasteiger partial charge on any atom is 0.426 e. The number of hydrogen-bond donors (Lipinski definition) is 1. The number of ether oxygens (including phenoxy) is 2. The van der Waals surface area contributed by atoms with Crippen LogP contribution in [0.25, 0.3) is 17.2 Å². The minimum absolute atomic E-state index is 0.0130. The Hall–Kier alpha value is -3.01. The normalized spacial score (nSPS) is 16.1. The Bertz CT molecular complexity index is 1310. The molecule has 5 nitrogen and oxygen atoms in total. The third-order valence-corrected chi connectivity index (χ3v) is 7.47. The number of thiophene rings is 1. The van der Waals surface area contributed by atoms with Crippen LogP contribution < -0.4 is 9.47 Å². The summed E-state index contributed by atoms with van der Waals surface area (Å²) in [5.41, 5.74) is 2.47. The number of carbonyl (C=O) groups is 1. The topological polar surface area (TPSA) is 59.0 Å². The molecule has 2 aliphatic heterocycles. The van der Waals surface area contributed by atoms with E-state index in [1.807, 2.05) is 12.1 Å². The molecule has 10 heteroatoms. The van der Waals surface area contributed by atoms with Crippen molar-refractivity contribution in [1.82, 2.24) is 4.90 Å². The molecule has 0 aliphatic carbocycles. The van der Waals surface area contributed by atoms with Crippen molar-refractivity contribution < 1.29 is 32.5 Å². The molecule has 0 atom stereocenters. The summed E-state index contributed by atoms with van der Waals surface area (Å²) in [7, 11) is 0. The average Bonchev–Trinajstić information content (AvgIpc) is 3.25. The van der Waals surface area contributed by atoms with Gasteiger partial charge in [0.2, 0.25) is 0 Å². The Kier molecular flexibility index (Phi) is 6.72. The number of carboxylic acid groups (broad SMARTS) is 1. The van der Waals surface area contributed by atoms with Gasteiger partial charge in [0, 0.05) is 46.7 Å². The second-order valence-electron chi connectivity index (χ2n) is 8.77. The lowest BCUT2D eigenvalue weighted by Crippen LogP contribution is -2.51. The highest BCUT2D eigenvalue weighted by Crippen LogP contribution is 2.43. The van der Waals surface area contributed by atoms with E-state index in [2.05, 4.69) is 4.90 Å². The number of likely N-dealkylation sites (tertiary alicyclic amines) is 1. The van der Waals surface area contributed by atoms with Crippen molar-refractivity contribution in [2.24, 2.45) is 5.92 Å². The molecular weight excluding hydrogens is 515 g/mol. The number of hydrogen-bond acceptors (Lipinski definition) is 5. The lowest BCUT2D eigenvalue weighted by atomic mass is 9.98. The van der Waals surface area contributed by atoms with Crippen molar-refractivity contribution in [3.05, 3.63) is 74.4 Å². The van der Waals surface area contributed by atoms with Crippen LogP contribution in [-0.2, 0) is 17.6 Å². The summed E-state index contributed by atoms with van der Waals surface area (Å²) >= 11 is 6.55. The summed E-state index contributed by atoms with van der Waals surface area (Å²) < 4.78 is 52.7. The Morgan fingerprint density at radius 2 is 1.92 bits per heavy atom. The molecule has 1 aromatic heterocycles. The Balaban J connectivity index is 1.26. The van der Waals surface area contributed by atoms with Crippen LogP contribution in [0.4, 0.5) is 13.2 Å². The Morgan fingerprint density at radius 1 is 1.17 bits per heavy atom. The maximum absolute atomic E-state index is 13.7. The fourth-order valence-electron chi connectivity index (χ4n) is 4.24. The maximum atomic E-state index is 13.7. The summed E-state index contributed by atoms with van der Waals surface area (Å²) in [5, 5.41) is 9.46. The average molecular weight is 536 g/mol. The van der Waals surface area contributed by atoms with Gasteiger partial charge in [-0.3, -0.25) is 9.69 Å². The summed E-state index contributed by atoms with van der Waals surface area (Å²) in [6, 6.07) is 13.1. The van der Waals surface area contributed by atoms with Crippen LogP contribution in [0.3, 0.4) is 0 Å². The SMILES string of the molecule is O=C(O)C1CN(CC2=Cc3ccc(OCc4cc(-c5ccc(Cl)cc5)c(C(F)(F)F)s4)cc3OC2)C1. The highest BCUT2D eigenvalue weighted by Gasteiger charge is 2.36.